The number of nitrogens with zero attached hydrogens (tertiary/aromatic N) is 1. The van der Waals surface area contributed by atoms with Crippen molar-refractivity contribution < 1.29 is 0 Å². The van der Waals surface area contributed by atoms with Crippen LogP contribution in [-0.4, -0.2) is 42.6 Å². The number of benzene rings is 1. The van der Waals surface area contributed by atoms with E-state index in [1.807, 2.05) is 11.8 Å². The molecule has 2 nitrogen and oxygen atoms in total. The van der Waals surface area contributed by atoms with E-state index in [0.717, 1.165) is 6.54 Å². The number of rotatable bonds is 7. The molecule has 1 fully saturated rings. The van der Waals surface area contributed by atoms with E-state index >= 15 is 0 Å². The van der Waals surface area contributed by atoms with Crippen molar-refractivity contribution in [2.75, 3.05) is 31.6 Å². The lowest BCUT2D eigenvalue weighted by Gasteiger charge is -2.40. The van der Waals surface area contributed by atoms with E-state index in [1.165, 1.54) is 43.7 Å². The summed E-state index contributed by atoms with van der Waals surface area (Å²) in [7, 11) is 0. The minimum absolute atomic E-state index is 0.549. The Hall–Kier alpha value is -0.510. The Kier molecular flexibility index (Phi) is 6.91. The second kappa shape index (κ2) is 8.71. The summed E-state index contributed by atoms with van der Waals surface area (Å²) in [5, 5.41) is 3.70. The number of unbranched alkanes of at least 4 members (excludes halogenated alkanes) is 1. The van der Waals surface area contributed by atoms with Crippen LogP contribution in [0.4, 0.5) is 0 Å². The van der Waals surface area contributed by atoms with Crippen LogP contribution in [0.2, 0.25) is 0 Å². The highest BCUT2D eigenvalue weighted by Gasteiger charge is 2.27. The third kappa shape index (κ3) is 4.51. The molecule has 1 N–H and O–H groups in total. The van der Waals surface area contributed by atoms with Crippen molar-refractivity contribution in [3.63, 3.8) is 0 Å². The average Bonchev–Trinajstić information content (AvgIpc) is 2.52. The Labute approximate surface area is 128 Å². The second-order valence-corrected chi connectivity index (χ2v) is 6.62. The molecule has 0 aliphatic carbocycles. The van der Waals surface area contributed by atoms with Gasteiger partial charge in [-0.1, -0.05) is 37.3 Å². The summed E-state index contributed by atoms with van der Waals surface area (Å²) in [6.07, 6.45) is 6.08. The lowest BCUT2D eigenvalue weighted by Crippen LogP contribution is -2.52. The van der Waals surface area contributed by atoms with Gasteiger partial charge in [-0.2, -0.15) is 11.8 Å². The van der Waals surface area contributed by atoms with Gasteiger partial charge in [0.1, 0.15) is 0 Å². The summed E-state index contributed by atoms with van der Waals surface area (Å²) in [4.78, 5) is 2.69. The monoisotopic (exact) mass is 292 g/mol. The Bertz CT molecular complexity index is 369. The van der Waals surface area contributed by atoms with Crippen molar-refractivity contribution in [1.82, 2.24) is 10.2 Å². The van der Waals surface area contributed by atoms with E-state index in [4.69, 9.17) is 0 Å². The molecule has 1 aliphatic rings. The number of piperazine rings is 1. The molecular formula is C17H28N2S. The minimum atomic E-state index is 0.549. The van der Waals surface area contributed by atoms with Gasteiger partial charge in [-0.3, -0.25) is 4.90 Å². The first-order valence-corrected chi connectivity index (χ1v) is 9.25. The number of hydrogen-bond acceptors (Lipinski definition) is 3. The summed E-state index contributed by atoms with van der Waals surface area (Å²) in [6.45, 7) is 5.80. The second-order valence-electron chi connectivity index (χ2n) is 5.63. The van der Waals surface area contributed by atoms with Crippen LogP contribution in [0.25, 0.3) is 0 Å². The molecule has 20 heavy (non-hydrogen) atoms. The summed E-state index contributed by atoms with van der Waals surface area (Å²) < 4.78 is 0. The summed E-state index contributed by atoms with van der Waals surface area (Å²) in [6, 6.07) is 12.2. The maximum absolute atomic E-state index is 3.70. The number of thioether (sulfide) groups is 1. The van der Waals surface area contributed by atoms with E-state index in [0.29, 0.717) is 12.1 Å². The average molecular weight is 292 g/mol. The molecule has 1 heterocycles. The van der Waals surface area contributed by atoms with Crippen LogP contribution in [0.5, 0.6) is 0 Å². The fourth-order valence-corrected chi connectivity index (χ4v) is 3.46. The molecule has 1 aromatic rings. The minimum Gasteiger partial charge on any atom is -0.311 e. The third-order valence-electron chi connectivity index (χ3n) is 4.22. The highest BCUT2D eigenvalue weighted by atomic mass is 32.2. The van der Waals surface area contributed by atoms with Gasteiger partial charge in [-0.05, 0) is 43.4 Å². The Morgan fingerprint density at radius 1 is 1.25 bits per heavy atom. The summed E-state index contributed by atoms with van der Waals surface area (Å²) in [5.74, 6) is 1.29. The standard InChI is InChI=1S/C17H28N2S/c1-3-16-14-19(11-7-8-12-20-2)17(13-18-16)15-9-5-4-6-10-15/h4-6,9-10,16-18H,3,7-8,11-14H2,1-2H3. The molecule has 1 aromatic carbocycles. The molecule has 0 aromatic heterocycles. The Balaban J connectivity index is 1.96. The zero-order valence-corrected chi connectivity index (χ0v) is 13.7. The maximum atomic E-state index is 3.70. The van der Waals surface area contributed by atoms with Crippen molar-refractivity contribution in [2.24, 2.45) is 0 Å². The van der Waals surface area contributed by atoms with Crippen molar-refractivity contribution in [3.05, 3.63) is 35.9 Å². The van der Waals surface area contributed by atoms with Gasteiger partial charge in [-0.15, -0.1) is 0 Å². The Morgan fingerprint density at radius 3 is 2.75 bits per heavy atom. The van der Waals surface area contributed by atoms with E-state index in [9.17, 15) is 0 Å². The fourth-order valence-electron chi connectivity index (χ4n) is 2.97. The molecule has 112 valence electrons. The molecule has 2 atom stereocenters. The first-order valence-electron chi connectivity index (χ1n) is 7.86. The fraction of sp³-hybridized carbons (Fsp3) is 0.647. The van der Waals surface area contributed by atoms with E-state index in [-0.39, 0.29) is 0 Å². The lowest BCUT2D eigenvalue weighted by atomic mass is 9.99. The van der Waals surface area contributed by atoms with Crippen molar-refractivity contribution in [3.8, 4) is 0 Å². The largest absolute Gasteiger partial charge is 0.311 e. The molecule has 0 spiro atoms. The molecule has 1 saturated heterocycles. The molecule has 1 aliphatic heterocycles. The van der Waals surface area contributed by atoms with Gasteiger partial charge >= 0.3 is 0 Å². The molecule has 2 unspecified atom stereocenters. The first kappa shape index (κ1) is 15.9. The van der Waals surface area contributed by atoms with Gasteiger partial charge in [0.15, 0.2) is 0 Å². The van der Waals surface area contributed by atoms with Crippen molar-refractivity contribution in [1.29, 1.82) is 0 Å². The molecule has 0 saturated carbocycles. The van der Waals surface area contributed by atoms with Crippen LogP contribution in [0.1, 0.15) is 37.8 Å². The van der Waals surface area contributed by atoms with Crippen LogP contribution in [0.15, 0.2) is 30.3 Å². The van der Waals surface area contributed by atoms with Crippen LogP contribution in [-0.2, 0) is 0 Å². The quantitative estimate of drug-likeness (QED) is 0.774. The first-order chi connectivity index (χ1) is 9.85. The SMILES string of the molecule is CCC1CN(CCCCSC)C(c2ccccc2)CN1. The molecule has 0 radical (unpaired) electrons. The van der Waals surface area contributed by atoms with Gasteiger partial charge in [0, 0.05) is 25.2 Å². The highest BCUT2D eigenvalue weighted by molar-refractivity contribution is 7.98. The lowest BCUT2D eigenvalue weighted by molar-refractivity contribution is 0.127. The normalized spacial score (nSPS) is 23.9. The van der Waals surface area contributed by atoms with Gasteiger partial charge in [0.2, 0.25) is 0 Å². The predicted molar refractivity (Wildman–Crippen MR) is 90.5 cm³/mol. The van der Waals surface area contributed by atoms with Crippen LogP contribution in [0, 0.1) is 0 Å². The zero-order valence-electron chi connectivity index (χ0n) is 12.8. The van der Waals surface area contributed by atoms with E-state index in [2.05, 4.69) is 53.7 Å². The predicted octanol–water partition coefficient (Wildman–Crippen LogP) is 3.55. The maximum Gasteiger partial charge on any atom is 0.0473 e. The van der Waals surface area contributed by atoms with E-state index in [1.54, 1.807) is 0 Å². The van der Waals surface area contributed by atoms with Gasteiger partial charge < -0.3 is 5.32 Å². The summed E-state index contributed by atoms with van der Waals surface area (Å²) >= 11 is 1.96. The molecule has 3 heteroatoms. The van der Waals surface area contributed by atoms with Crippen molar-refractivity contribution in [2.45, 2.75) is 38.3 Å². The third-order valence-corrected chi connectivity index (χ3v) is 4.91. The van der Waals surface area contributed by atoms with Crippen molar-refractivity contribution >= 4 is 11.8 Å². The smallest absolute Gasteiger partial charge is 0.0473 e. The van der Waals surface area contributed by atoms with Gasteiger partial charge in [0.05, 0.1) is 0 Å². The summed E-state index contributed by atoms with van der Waals surface area (Å²) in [5.41, 5.74) is 1.46. The zero-order chi connectivity index (χ0) is 14.2. The van der Waals surface area contributed by atoms with Gasteiger partial charge in [0.25, 0.3) is 0 Å². The number of nitrogens with one attached hydrogen (secondary N) is 1. The van der Waals surface area contributed by atoms with Crippen LogP contribution in [0.3, 0.4) is 0 Å². The van der Waals surface area contributed by atoms with Crippen LogP contribution >= 0.6 is 11.8 Å². The highest BCUT2D eigenvalue weighted by Crippen LogP contribution is 2.24. The number of hydrogen-bond donors (Lipinski definition) is 1. The molecule has 0 amide bonds. The molecule has 2 rings (SSSR count). The van der Waals surface area contributed by atoms with E-state index < -0.39 is 0 Å². The van der Waals surface area contributed by atoms with Gasteiger partial charge in [-0.25, -0.2) is 0 Å². The molecule has 0 bridgehead atoms. The molecular weight excluding hydrogens is 264 g/mol. The Morgan fingerprint density at radius 2 is 2.05 bits per heavy atom. The topological polar surface area (TPSA) is 15.3 Å². The van der Waals surface area contributed by atoms with Crippen LogP contribution < -0.4 is 5.32 Å².